The Labute approximate surface area is 122 Å². The Bertz CT molecular complexity index is 773. The fraction of sp³-hybridized carbons (Fsp3) is 0.125. The Morgan fingerprint density at radius 3 is 2.57 bits per heavy atom. The van der Waals surface area contributed by atoms with E-state index in [1.165, 1.54) is 6.07 Å². The highest BCUT2D eigenvalue weighted by atomic mass is 19.1. The van der Waals surface area contributed by atoms with E-state index in [1.54, 1.807) is 18.2 Å². The number of hydrogen-bond acceptors (Lipinski definition) is 4. The topological polar surface area (TPSA) is 49.8 Å². The average molecular weight is 282 g/mol. The van der Waals surface area contributed by atoms with E-state index in [4.69, 9.17) is 0 Å². The smallest absolute Gasteiger partial charge is 0.229 e. The lowest BCUT2D eigenvalue weighted by atomic mass is 10.2. The van der Waals surface area contributed by atoms with E-state index >= 15 is 0 Å². The number of hydrogen-bond donors (Lipinski definition) is 2. The molecule has 4 nitrogen and oxygen atoms in total. The minimum atomic E-state index is -0.334. The van der Waals surface area contributed by atoms with Gasteiger partial charge in [0.2, 0.25) is 5.95 Å². The number of nitrogens with one attached hydrogen (secondary N) is 2. The van der Waals surface area contributed by atoms with E-state index in [9.17, 15) is 4.39 Å². The van der Waals surface area contributed by atoms with Crippen LogP contribution in [0, 0.1) is 5.82 Å². The summed E-state index contributed by atoms with van der Waals surface area (Å²) in [5.74, 6) is 0.774. The molecule has 0 aliphatic carbocycles. The van der Waals surface area contributed by atoms with Crippen LogP contribution in [0.25, 0.3) is 10.9 Å². The first-order chi connectivity index (χ1) is 10.3. The number of para-hydroxylation sites is 2. The summed E-state index contributed by atoms with van der Waals surface area (Å²) < 4.78 is 13.7. The molecule has 0 radical (unpaired) electrons. The summed E-state index contributed by atoms with van der Waals surface area (Å²) in [4.78, 5) is 8.85. The molecule has 0 saturated carbocycles. The van der Waals surface area contributed by atoms with Crippen molar-refractivity contribution in [3.8, 4) is 0 Å². The van der Waals surface area contributed by atoms with Gasteiger partial charge in [0.15, 0.2) is 0 Å². The molecule has 1 aromatic heterocycles. The van der Waals surface area contributed by atoms with Gasteiger partial charge in [0.1, 0.15) is 11.6 Å². The molecule has 21 heavy (non-hydrogen) atoms. The zero-order valence-electron chi connectivity index (χ0n) is 11.6. The molecule has 0 bridgehead atoms. The summed E-state index contributed by atoms with van der Waals surface area (Å²) in [6, 6.07) is 14.2. The zero-order chi connectivity index (χ0) is 14.7. The predicted molar refractivity (Wildman–Crippen MR) is 83.4 cm³/mol. The standard InChI is InChI=1S/C16H15FN4/c1-2-18-15-11-7-3-5-9-13(11)19-16(21-15)20-14-10-6-4-8-12(14)17/h3-10H,2H2,1H3,(H2,18,19,20,21). The minimum Gasteiger partial charge on any atom is -0.370 e. The van der Waals surface area contributed by atoms with Gasteiger partial charge in [-0.25, -0.2) is 9.37 Å². The van der Waals surface area contributed by atoms with Gasteiger partial charge in [0, 0.05) is 11.9 Å². The number of aromatic nitrogens is 2. The van der Waals surface area contributed by atoms with E-state index in [1.807, 2.05) is 31.2 Å². The first kappa shape index (κ1) is 13.3. The van der Waals surface area contributed by atoms with Gasteiger partial charge in [-0.1, -0.05) is 24.3 Å². The van der Waals surface area contributed by atoms with Gasteiger partial charge in [-0.15, -0.1) is 0 Å². The van der Waals surface area contributed by atoms with Gasteiger partial charge in [-0.3, -0.25) is 0 Å². The Hall–Kier alpha value is -2.69. The predicted octanol–water partition coefficient (Wildman–Crippen LogP) is 3.94. The van der Waals surface area contributed by atoms with Gasteiger partial charge >= 0.3 is 0 Å². The van der Waals surface area contributed by atoms with Gasteiger partial charge in [-0.05, 0) is 31.2 Å². The van der Waals surface area contributed by atoms with E-state index in [0.717, 1.165) is 23.3 Å². The summed E-state index contributed by atoms with van der Waals surface area (Å²) in [5.41, 5.74) is 1.16. The van der Waals surface area contributed by atoms with Crippen molar-refractivity contribution in [2.75, 3.05) is 17.2 Å². The van der Waals surface area contributed by atoms with Crippen molar-refractivity contribution in [3.05, 3.63) is 54.3 Å². The largest absolute Gasteiger partial charge is 0.370 e. The molecule has 0 amide bonds. The van der Waals surface area contributed by atoms with Crippen LogP contribution in [-0.2, 0) is 0 Å². The third-order valence-corrected chi connectivity index (χ3v) is 3.07. The molecule has 0 atom stereocenters. The van der Waals surface area contributed by atoms with Crippen molar-refractivity contribution in [3.63, 3.8) is 0 Å². The molecule has 1 heterocycles. The Balaban J connectivity index is 2.05. The van der Waals surface area contributed by atoms with E-state index in [0.29, 0.717) is 11.6 Å². The van der Waals surface area contributed by atoms with E-state index < -0.39 is 0 Å². The molecule has 2 aromatic carbocycles. The van der Waals surface area contributed by atoms with Crippen LogP contribution in [0.3, 0.4) is 0 Å². The molecule has 2 N–H and O–H groups in total. The number of anilines is 3. The van der Waals surface area contributed by atoms with Gasteiger partial charge < -0.3 is 10.6 Å². The van der Waals surface area contributed by atoms with Gasteiger partial charge in [-0.2, -0.15) is 4.98 Å². The maximum Gasteiger partial charge on any atom is 0.229 e. The third kappa shape index (κ3) is 2.76. The number of nitrogens with zero attached hydrogens (tertiary/aromatic N) is 2. The maximum absolute atomic E-state index is 13.7. The van der Waals surface area contributed by atoms with Crippen molar-refractivity contribution in [1.82, 2.24) is 9.97 Å². The quantitative estimate of drug-likeness (QED) is 0.761. The van der Waals surface area contributed by atoms with Crippen molar-refractivity contribution in [1.29, 1.82) is 0 Å². The third-order valence-electron chi connectivity index (χ3n) is 3.07. The summed E-state index contributed by atoms with van der Waals surface area (Å²) in [6.45, 7) is 2.75. The second kappa shape index (κ2) is 5.75. The maximum atomic E-state index is 13.7. The lowest BCUT2D eigenvalue weighted by molar-refractivity contribution is 0.631. The molecular formula is C16H15FN4. The fourth-order valence-electron chi connectivity index (χ4n) is 2.12. The van der Waals surface area contributed by atoms with E-state index in [2.05, 4.69) is 20.6 Å². The number of halogens is 1. The highest BCUT2D eigenvalue weighted by Gasteiger charge is 2.08. The molecule has 106 valence electrons. The van der Waals surface area contributed by atoms with Crippen LogP contribution in [0.4, 0.5) is 21.8 Å². The van der Waals surface area contributed by atoms with Gasteiger partial charge in [0.05, 0.1) is 11.2 Å². The monoisotopic (exact) mass is 282 g/mol. The normalized spacial score (nSPS) is 10.6. The zero-order valence-corrected chi connectivity index (χ0v) is 11.6. The van der Waals surface area contributed by atoms with Crippen molar-refractivity contribution in [2.45, 2.75) is 6.92 Å². The Kier molecular flexibility index (Phi) is 3.64. The molecule has 3 rings (SSSR count). The average Bonchev–Trinajstić information content (AvgIpc) is 2.50. The highest BCUT2D eigenvalue weighted by Crippen LogP contribution is 2.24. The minimum absolute atomic E-state index is 0.334. The lowest BCUT2D eigenvalue weighted by Crippen LogP contribution is -2.05. The molecular weight excluding hydrogens is 267 g/mol. The first-order valence-electron chi connectivity index (χ1n) is 6.80. The van der Waals surface area contributed by atoms with Crippen LogP contribution in [0.5, 0.6) is 0 Å². The van der Waals surface area contributed by atoms with Crippen molar-refractivity contribution < 1.29 is 4.39 Å². The second-order valence-electron chi connectivity index (χ2n) is 4.55. The number of rotatable bonds is 4. The second-order valence-corrected chi connectivity index (χ2v) is 4.55. The summed E-state index contributed by atoms with van der Waals surface area (Å²) in [5, 5.41) is 7.08. The molecule has 0 aliphatic heterocycles. The molecule has 0 aliphatic rings. The Morgan fingerprint density at radius 1 is 1.00 bits per heavy atom. The summed E-state index contributed by atoms with van der Waals surface area (Å²) in [7, 11) is 0. The van der Waals surface area contributed by atoms with Crippen molar-refractivity contribution in [2.24, 2.45) is 0 Å². The number of benzene rings is 2. The highest BCUT2D eigenvalue weighted by molar-refractivity contribution is 5.90. The summed E-state index contributed by atoms with van der Waals surface area (Å²) >= 11 is 0. The molecule has 0 unspecified atom stereocenters. The fourth-order valence-corrected chi connectivity index (χ4v) is 2.12. The van der Waals surface area contributed by atoms with Crippen LogP contribution < -0.4 is 10.6 Å². The SMILES string of the molecule is CCNc1nc(Nc2ccccc2F)nc2ccccc12. The van der Waals surface area contributed by atoms with Gasteiger partial charge in [0.25, 0.3) is 0 Å². The van der Waals surface area contributed by atoms with Crippen LogP contribution in [0.2, 0.25) is 0 Å². The van der Waals surface area contributed by atoms with Crippen LogP contribution >= 0.6 is 0 Å². The molecule has 3 aromatic rings. The summed E-state index contributed by atoms with van der Waals surface area (Å²) in [6.07, 6.45) is 0. The molecule has 5 heteroatoms. The van der Waals surface area contributed by atoms with Crippen LogP contribution in [0.15, 0.2) is 48.5 Å². The van der Waals surface area contributed by atoms with Crippen LogP contribution in [0.1, 0.15) is 6.92 Å². The van der Waals surface area contributed by atoms with Crippen molar-refractivity contribution >= 4 is 28.4 Å². The first-order valence-corrected chi connectivity index (χ1v) is 6.80. The molecule has 0 spiro atoms. The van der Waals surface area contributed by atoms with E-state index in [-0.39, 0.29) is 5.82 Å². The lowest BCUT2D eigenvalue weighted by Gasteiger charge is -2.11. The van der Waals surface area contributed by atoms with Crippen LogP contribution in [-0.4, -0.2) is 16.5 Å². The molecule has 0 saturated heterocycles. The number of fused-ring (bicyclic) bond motifs is 1. The Morgan fingerprint density at radius 2 is 1.76 bits per heavy atom. The molecule has 0 fully saturated rings.